The Labute approximate surface area is 354 Å². The van der Waals surface area contributed by atoms with E-state index in [1.54, 1.807) is 6.08 Å². The van der Waals surface area contributed by atoms with Gasteiger partial charge in [-0.1, -0.05) is 147 Å². The van der Waals surface area contributed by atoms with Crippen LogP contribution < -0.4 is 5.32 Å². The molecule has 2 aliphatic heterocycles. The molecular weight excluding hydrogens is 762 g/mol. The van der Waals surface area contributed by atoms with Crippen LogP contribution in [-0.2, 0) is 23.7 Å². The van der Waals surface area contributed by atoms with Crippen molar-refractivity contribution in [3.63, 3.8) is 0 Å². The highest BCUT2D eigenvalue weighted by atomic mass is 16.7. The number of allylic oxidation sites excluding steroid dienone is 3. The van der Waals surface area contributed by atoms with Crippen LogP contribution in [-0.4, -0.2) is 140 Å². The summed E-state index contributed by atoms with van der Waals surface area (Å²) in [5, 5.41) is 86.1. The van der Waals surface area contributed by atoms with Crippen molar-refractivity contribution in [2.75, 3.05) is 19.8 Å². The zero-order valence-corrected chi connectivity index (χ0v) is 36.2. The van der Waals surface area contributed by atoms with Crippen molar-refractivity contribution in [1.82, 2.24) is 5.32 Å². The first-order chi connectivity index (χ1) is 28.6. The van der Waals surface area contributed by atoms with Gasteiger partial charge in [-0.05, 0) is 32.1 Å². The van der Waals surface area contributed by atoms with Gasteiger partial charge in [-0.3, -0.25) is 4.79 Å². The Morgan fingerprint density at radius 3 is 1.66 bits per heavy atom. The van der Waals surface area contributed by atoms with Gasteiger partial charge >= 0.3 is 0 Å². The van der Waals surface area contributed by atoms with Gasteiger partial charge in [0.1, 0.15) is 48.8 Å². The molecule has 0 aromatic carbocycles. The summed E-state index contributed by atoms with van der Waals surface area (Å²) in [6, 6.07) is -0.922. The largest absolute Gasteiger partial charge is 0.394 e. The molecule has 2 heterocycles. The molecule has 0 radical (unpaired) electrons. The maximum absolute atomic E-state index is 12.9. The number of ether oxygens (including phenoxy) is 4. The highest BCUT2D eigenvalue weighted by molar-refractivity contribution is 5.76. The third-order valence-electron chi connectivity index (χ3n) is 11.4. The molecule has 2 fully saturated rings. The molecule has 1 amide bonds. The first-order valence-electron chi connectivity index (χ1n) is 23.1. The molecule has 14 nitrogen and oxygen atoms in total. The summed E-state index contributed by atoms with van der Waals surface area (Å²) >= 11 is 0. The van der Waals surface area contributed by atoms with E-state index in [4.69, 9.17) is 18.9 Å². The minimum Gasteiger partial charge on any atom is -0.394 e. The Bertz CT molecular complexity index is 1090. The maximum Gasteiger partial charge on any atom is 0.220 e. The summed E-state index contributed by atoms with van der Waals surface area (Å²) in [4.78, 5) is 12.9. The molecule has 12 atom stereocenters. The summed E-state index contributed by atoms with van der Waals surface area (Å²) in [6.45, 7) is 2.65. The van der Waals surface area contributed by atoms with Gasteiger partial charge in [0.15, 0.2) is 12.6 Å². The quantitative estimate of drug-likeness (QED) is 0.0319. The highest BCUT2D eigenvalue weighted by Crippen LogP contribution is 2.30. The molecule has 9 N–H and O–H groups in total. The number of aliphatic hydroxyl groups excluding tert-OH is 8. The predicted octanol–water partition coefficient (Wildman–Crippen LogP) is 4.60. The SMILES string of the molecule is CCCCCCCCCCCCCCCC/C=C/CC/C=C/C(O)C(COC1OC(CO)C(OC2OC(CO)C(O)C(O)C2O)C(O)C1O)NC(=O)CCCCCCC. The number of aliphatic hydroxyl groups is 8. The Hall–Kier alpha value is -1.53. The fraction of sp³-hybridized carbons (Fsp3) is 0.889. The van der Waals surface area contributed by atoms with Crippen molar-refractivity contribution < 1.29 is 64.6 Å². The summed E-state index contributed by atoms with van der Waals surface area (Å²) in [5.74, 6) is -0.264. The van der Waals surface area contributed by atoms with E-state index in [2.05, 4.69) is 31.3 Å². The Morgan fingerprint density at radius 1 is 0.593 bits per heavy atom. The first kappa shape index (κ1) is 53.6. The van der Waals surface area contributed by atoms with Gasteiger partial charge in [0.2, 0.25) is 5.91 Å². The molecule has 346 valence electrons. The minimum absolute atomic E-state index is 0.264. The van der Waals surface area contributed by atoms with E-state index >= 15 is 0 Å². The molecule has 12 unspecified atom stereocenters. The fourth-order valence-corrected chi connectivity index (χ4v) is 7.54. The lowest BCUT2D eigenvalue weighted by atomic mass is 9.97. The van der Waals surface area contributed by atoms with Gasteiger partial charge in [-0.15, -0.1) is 0 Å². The second-order valence-corrected chi connectivity index (χ2v) is 16.5. The molecule has 0 bridgehead atoms. The van der Waals surface area contributed by atoms with E-state index in [0.717, 1.165) is 38.5 Å². The first-order valence-corrected chi connectivity index (χ1v) is 23.1. The predicted molar refractivity (Wildman–Crippen MR) is 226 cm³/mol. The minimum atomic E-state index is -1.79. The van der Waals surface area contributed by atoms with E-state index in [9.17, 15) is 45.6 Å². The Kier molecular flexibility index (Phi) is 30.1. The van der Waals surface area contributed by atoms with Crippen LogP contribution in [0.1, 0.15) is 162 Å². The average Bonchev–Trinajstić information content (AvgIpc) is 3.23. The molecule has 0 aromatic rings. The number of hydrogen-bond donors (Lipinski definition) is 9. The lowest BCUT2D eigenvalue weighted by Gasteiger charge is -2.46. The highest BCUT2D eigenvalue weighted by Gasteiger charge is 2.50. The Morgan fingerprint density at radius 2 is 1.08 bits per heavy atom. The van der Waals surface area contributed by atoms with Crippen molar-refractivity contribution in [1.29, 1.82) is 0 Å². The van der Waals surface area contributed by atoms with Gasteiger partial charge in [-0.2, -0.15) is 0 Å². The molecule has 2 rings (SSSR count). The Balaban J connectivity index is 1.81. The number of hydrogen-bond acceptors (Lipinski definition) is 13. The third kappa shape index (κ3) is 21.4. The number of amides is 1. The topological polar surface area (TPSA) is 228 Å². The van der Waals surface area contributed by atoms with Crippen LogP contribution in [0.2, 0.25) is 0 Å². The van der Waals surface area contributed by atoms with Crippen molar-refractivity contribution in [2.45, 2.75) is 235 Å². The van der Waals surface area contributed by atoms with E-state index in [-0.39, 0.29) is 18.9 Å². The van der Waals surface area contributed by atoms with Crippen LogP contribution >= 0.6 is 0 Å². The molecule has 0 saturated carbocycles. The summed E-state index contributed by atoms with van der Waals surface area (Å²) in [5.41, 5.74) is 0. The van der Waals surface area contributed by atoms with Gasteiger partial charge in [0.25, 0.3) is 0 Å². The molecule has 2 aliphatic rings. The van der Waals surface area contributed by atoms with Crippen molar-refractivity contribution in [3.05, 3.63) is 24.3 Å². The number of nitrogens with one attached hydrogen (secondary N) is 1. The monoisotopic (exact) mass is 846 g/mol. The average molecular weight is 846 g/mol. The van der Waals surface area contributed by atoms with Crippen LogP contribution in [0.5, 0.6) is 0 Å². The van der Waals surface area contributed by atoms with E-state index < -0.39 is 86.8 Å². The molecule has 0 aromatic heterocycles. The van der Waals surface area contributed by atoms with Crippen LogP contribution in [0.4, 0.5) is 0 Å². The molecule has 59 heavy (non-hydrogen) atoms. The van der Waals surface area contributed by atoms with E-state index in [1.165, 1.54) is 89.9 Å². The van der Waals surface area contributed by atoms with E-state index in [0.29, 0.717) is 12.8 Å². The molecule has 0 aliphatic carbocycles. The standard InChI is InChI=1S/C45H83NO13/c1-3-5-7-9-10-11-12-13-14-15-16-17-18-19-20-21-22-23-25-26-28-34(49)33(46-37(50)29-27-24-8-6-4-2)32-56-44-42(55)40(53)43(36(31-48)58-44)59-45-41(54)39(52)38(51)35(30-47)57-45/h21-22,26,28,33-36,38-45,47-49,51-55H,3-20,23-25,27,29-32H2,1-2H3,(H,46,50)/b22-21+,28-26+. The fourth-order valence-electron chi connectivity index (χ4n) is 7.54. The number of unbranched alkanes of at least 4 members (excludes halogenated alkanes) is 19. The number of rotatable bonds is 34. The van der Waals surface area contributed by atoms with E-state index in [1.807, 2.05) is 6.08 Å². The maximum atomic E-state index is 12.9. The second kappa shape index (κ2) is 33.1. The van der Waals surface area contributed by atoms with Crippen molar-refractivity contribution in [3.8, 4) is 0 Å². The lowest BCUT2D eigenvalue weighted by molar-refractivity contribution is -0.359. The number of carbonyl (C=O) groups is 1. The number of carbonyl (C=O) groups excluding carboxylic acids is 1. The molecule has 14 heteroatoms. The van der Waals surface area contributed by atoms with Crippen LogP contribution in [0.15, 0.2) is 24.3 Å². The summed E-state index contributed by atoms with van der Waals surface area (Å²) in [6.07, 6.45) is 17.2. The second-order valence-electron chi connectivity index (χ2n) is 16.5. The molecular formula is C45H83NO13. The summed E-state index contributed by atoms with van der Waals surface area (Å²) < 4.78 is 22.5. The lowest BCUT2D eigenvalue weighted by Crippen LogP contribution is -2.65. The zero-order valence-electron chi connectivity index (χ0n) is 36.2. The van der Waals surface area contributed by atoms with Crippen molar-refractivity contribution >= 4 is 5.91 Å². The normalized spacial score (nSPS) is 28.7. The summed E-state index contributed by atoms with van der Waals surface area (Å²) in [7, 11) is 0. The molecule has 2 saturated heterocycles. The van der Waals surface area contributed by atoms with Crippen LogP contribution in [0.3, 0.4) is 0 Å². The van der Waals surface area contributed by atoms with Gasteiger partial charge in [0.05, 0.1) is 32.0 Å². The smallest absolute Gasteiger partial charge is 0.220 e. The zero-order chi connectivity index (χ0) is 43.3. The van der Waals surface area contributed by atoms with Crippen LogP contribution in [0.25, 0.3) is 0 Å². The molecule has 0 spiro atoms. The van der Waals surface area contributed by atoms with Crippen molar-refractivity contribution in [2.24, 2.45) is 0 Å². The van der Waals surface area contributed by atoms with Crippen LogP contribution in [0, 0.1) is 0 Å². The van der Waals surface area contributed by atoms with Gasteiger partial charge in [0, 0.05) is 6.42 Å². The van der Waals surface area contributed by atoms with Gasteiger partial charge in [-0.25, -0.2) is 0 Å². The third-order valence-corrected chi connectivity index (χ3v) is 11.4. The van der Waals surface area contributed by atoms with Gasteiger partial charge < -0.3 is 65.1 Å².